The maximum Gasteiger partial charge on any atom is 0.297 e. The molecular weight excluding hydrogens is 1010 g/mol. The molecule has 1 unspecified atom stereocenters. The van der Waals surface area contributed by atoms with Gasteiger partial charge in [-0.2, -0.15) is 0 Å². The van der Waals surface area contributed by atoms with Crippen LogP contribution in [0, 0.1) is 148 Å². The number of hydrogen-bond donors (Lipinski definition) is 3. The second-order valence-corrected chi connectivity index (χ2v) is 18.7. The summed E-state index contributed by atoms with van der Waals surface area (Å²) in [6, 6.07) is 28.6. The lowest BCUT2D eigenvalue weighted by atomic mass is 9.91. The number of aliphatic hydroxyl groups is 2. The van der Waals surface area contributed by atoms with Crippen LogP contribution in [-0.4, -0.2) is 72.2 Å². The van der Waals surface area contributed by atoms with E-state index in [9.17, 15) is 15.0 Å². The third kappa shape index (κ3) is 29.9. The van der Waals surface area contributed by atoms with E-state index >= 15 is 0 Å². The molecular formula is C72H71NO8. The van der Waals surface area contributed by atoms with Gasteiger partial charge in [0.15, 0.2) is 6.29 Å². The molecule has 0 radical (unpaired) electrons. The van der Waals surface area contributed by atoms with E-state index in [4.69, 9.17) is 23.7 Å². The minimum atomic E-state index is -1.40. The summed E-state index contributed by atoms with van der Waals surface area (Å²) >= 11 is 0. The lowest BCUT2D eigenvalue weighted by Gasteiger charge is -2.45. The van der Waals surface area contributed by atoms with Gasteiger partial charge in [0.05, 0.1) is 51.3 Å². The zero-order valence-corrected chi connectivity index (χ0v) is 46.9. The molecule has 0 spiro atoms. The molecule has 0 saturated carbocycles. The molecule has 0 bridgehead atoms. The van der Waals surface area contributed by atoms with Gasteiger partial charge in [0.1, 0.15) is 18.3 Å². The number of rotatable bonds is 29. The van der Waals surface area contributed by atoms with Crippen LogP contribution >= 0.6 is 0 Å². The number of carbonyl (C=O) groups is 1. The number of amides is 1. The van der Waals surface area contributed by atoms with Crippen molar-refractivity contribution in [3.8, 4) is 142 Å². The van der Waals surface area contributed by atoms with Gasteiger partial charge in [0.2, 0.25) is 0 Å². The standard InChI is InChI=1S/C72H71NO8/c1-4-6-8-10-12-14-16-18-19-20-21-22-23-24-25-26-27-28-30-32-34-36-47-55-68(75)73-65(69(76)66(74)54-46-35-33-31-29-17-15-13-11-9-7-5-2)59-80-72-61(3)70(78-57-63-50-42-38-43-51-63)71(79-58-64-52-44-39-45-53-64)67(81-72)60-77-56-62-48-40-37-41-49-62/h37-45,48-53,61,65-67,69-72,74,76H,5,7,9,11,13,15,17,29,31,33,35,46,54,56-60H2,1-3H3,(H,73,75)/t61-,65+,66-,67?,69+,70+,71-,72+/m1/s1. The van der Waals surface area contributed by atoms with Crippen molar-refractivity contribution < 1.29 is 38.7 Å². The molecule has 9 heteroatoms. The molecule has 1 aliphatic rings. The third-order valence-electron chi connectivity index (χ3n) is 12.4. The second-order valence-electron chi connectivity index (χ2n) is 18.7. The van der Waals surface area contributed by atoms with Gasteiger partial charge in [0.25, 0.3) is 5.91 Å². The normalized spacial score (nSPS) is 16.1. The summed E-state index contributed by atoms with van der Waals surface area (Å²) in [5, 5.41) is 25.9. The van der Waals surface area contributed by atoms with Gasteiger partial charge in [-0.25, -0.2) is 0 Å². The molecule has 81 heavy (non-hydrogen) atoms. The molecule has 1 fully saturated rings. The van der Waals surface area contributed by atoms with Gasteiger partial charge in [0, 0.05) is 47.4 Å². The molecule has 412 valence electrons. The van der Waals surface area contributed by atoms with Crippen LogP contribution in [0.2, 0.25) is 0 Å². The number of carbonyl (C=O) groups excluding carboxylic acids is 1. The number of ether oxygens (including phenoxy) is 5. The molecule has 3 N–H and O–H groups in total. The Balaban J connectivity index is 1.45. The monoisotopic (exact) mass is 1080 g/mol. The van der Waals surface area contributed by atoms with Gasteiger partial charge < -0.3 is 39.2 Å². The zero-order valence-electron chi connectivity index (χ0n) is 46.9. The molecule has 0 aromatic heterocycles. The first kappa shape index (κ1) is 65.1. The van der Waals surface area contributed by atoms with E-state index < -0.39 is 54.7 Å². The van der Waals surface area contributed by atoms with Crippen molar-refractivity contribution in [1.82, 2.24) is 5.32 Å². The Kier molecular flexibility index (Phi) is 34.9. The fourth-order valence-electron chi connectivity index (χ4n) is 8.25. The van der Waals surface area contributed by atoms with E-state index in [1.807, 2.05) is 97.9 Å². The Hall–Kier alpha value is -8.43. The largest absolute Gasteiger partial charge is 0.390 e. The van der Waals surface area contributed by atoms with Crippen molar-refractivity contribution in [3.05, 3.63) is 108 Å². The van der Waals surface area contributed by atoms with Gasteiger partial charge >= 0.3 is 0 Å². The van der Waals surface area contributed by atoms with Crippen LogP contribution in [0.1, 0.15) is 121 Å². The summed E-state index contributed by atoms with van der Waals surface area (Å²) in [5.74, 6) is 59.7. The molecule has 0 aliphatic carbocycles. The topological polar surface area (TPSA) is 116 Å². The van der Waals surface area contributed by atoms with Crippen molar-refractivity contribution in [2.24, 2.45) is 5.92 Å². The van der Waals surface area contributed by atoms with Gasteiger partial charge in [-0.05, 0) is 125 Å². The maximum atomic E-state index is 13.4. The van der Waals surface area contributed by atoms with Crippen LogP contribution in [0.5, 0.6) is 0 Å². The van der Waals surface area contributed by atoms with Crippen molar-refractivity contribution in [2.45, 2.75) is 167 Å². The number of benzene rings is 3. The molecule has 1 heterocycles. The Morgan fingerprint density at radius 3 is 1.36 bits per heavy atom. The Bertz CT molecular complexity index is 3180. The van der Waals surface area contributed by atoms with E-state index in [0.29, 0.717) is 32.7 Å². The Morgan fingerprint density at radius 2 is 0.914 bits per heavy atom. The number of aliphatic hydroxyl groups excluding tert-OH is 2. The highest BCUT2D eigenvalue weighted by Crippen LogP contribution is 2.33. The molecule has 1 amide bonds. The van der Waals surface area contributed by atoms with Crippen molar-refractivity contribution >= 4 is 5.91 Å². The predicted molar refractivity (Wildman–Crippen MR) is 319 cm³/mol. The first-order valence-corrected chi connectivity index (χ1v) is 27.7. The van der Waals surface area contributed by atoms with Crippen LogP contribution in [-0.2, 0) is 48.3 Å². The third-order valence-corrected chi connectivity index (χ3v) is 12.4. The summed E-state index contributed by atoms with van der Waals surface area (Å²) in [7, 11) is 0. The van der Waals surface area contributed by atoms with Gasteiger partial charge in [-0.15, -0.1) is 0 Å². The molecule has 1 saturated heterocycles. The molecule has 4 rings (SSSR count). The number of hydrogen-bond acceptors (Lipinski definition) is 8. The minimum Gasteiger partial charge on any atom is -0.390 e. The van der Waals surface area contributed by atoms with Gasteiger partial charge in [-0.3, -0.25) is 4.79 Å². The average molecular weight is 1080 g/mol. The molecule has 1 aliphatic heterocycles. The zero-order chi connectivity index (χ0) is 57.5. The van der Waals surface area contributed by atoms with Crippen LogP contribution in [0.3, 0.4) is 0 Å². The Labute approximate surface area is 483 Å². The SMILES string of the molecule is CC#CC#CC#CC#CC#CC#CC#CC#CC#CC#CC#CC#CC(=O)N[C@@H](CO[C@H]1OC(COCc2ccccc2)[C@@H](OCc2ccccc2)[C@@H](OCc2ccccc2)[C@H]1C)[C@H](O)[C@H](O)CCCCCCCCCCCCCC. The average Bonchev–Trinajstić information content (AvgIpc) is 3.50. The fraction of sp³-hybridized carbons (Fsp3) is 0.403. The summed E-state index contributed by atoms with van der Waals surface area (Å²) in [6.07, 6.45) is 9.13. The smallest absolute Gasteiger partial charge is 0.297 e. The van der Waals surface area contributed by atoms with Crippen LogP contribution in [0.25, 0.3) is 0 Å². The highest BCUT2D eigenvalue weighted by Gasteiger charge is 2.46. The maximum absolute atomic E-state index is 13.4. The van der Waals surface area contributed by atoms with Crippen LogP contribution in [0.15, 0.2) is 91.0 Å². The predicted octanol–water partition coefficient (Wildman–Crippen LogP) is 9.11. The van der Waals surface area contributed by atoms with Crippen LogP contribution in [0.4, 0.5) is 0 Å². The van der Waals surface area contributed by atoms with E-state index in [-0.39, 0.29) is 13.2 Å². The summed E-state index contributed by atoms with van der Waals surface area (Å²) < 4.78 is 33.0. The van der Waals surface area contributed by atoms with Gasteiger partial charge in [-0.1, -0.05) is 188 Å². The van der Waals surface area contributed by atoms with E-state index in [2.05, 4.69) is 154 Å². The first-order valence-electron chi connectivity index (χ1n) is 27.7. The molecule has 3 aromatic carbocycles. The lowest BCUT2D eigenvalue weighted by Crippen LogP contribution is -2.58. The fourth-order valence-corrected chi connectivity index (χ4v) is 8.25. The van der Waals surface area contributed by atoms with Crippen molar-refractivity contribution in [3.63, 3.8) is 0 Å². The molecule has 9 nitrogen and oxygen atoms in total. The lowest BCUT2D eigenvalue weighted by molar-refractivity contribution is -0.304. The molecule has 3 aromatic rings. The minimum absolute atomic E-state index is 0.153. The van der Waals surface area contributed by atoms with E-state index in [1.54, 1.807) is 6.92 Å². The summed E-state index contributed by atoms with van der Waals surface area (Å²) in [5.41, 5.74) is 2.97. The number of nitrogens with one attached hydrogen (secondary N) is 1. The summed E-state index contributed by atoms with van der Waals surface area (Å²) in [4.78, 5) is 13.4. The van der Waals surface area contributed by atoms with E-state index in [1.165, 1.54) is 51.4 Å². The summed E-state index contributed by atoms with van der Waals surface area (Å²) in [6.45, 7) is 6.76. The van der Waals surface area contributed by atoms with Crippen molar-refractivity contribution in [2.75, 3.05) is 13.2 Å². The van der Waals surface area contributed by atoms with Crippen LogP contribution < -0.4 is 5.32 Å². The van der Waals surface area contributed by atoms with Crippen molar-refractivity contribution in [1.29, 1.82) is 0 Å². The molecule has 8 atom stereocenters. The highest BCUT2D eigenvalue weighted by molar-refractivity contribution is 5.94. The highest BCUT2D eigenvalue weighted by atomic mass is 16.7. The number of unbranched alkanes of at least 4 members (excludes halogenated alkanes) is 11. The second kappa shape index (κ2) is 43.5. The first-order chi connectivity index (χ1) is 39.9. The quantitative estimate of drug-likeness (QED) is 0.0466. The van der Waals surface area contributed by atoms with E-state index in [0.717, 1.165) is 36.0 Å². The Morgan fingerprint density at radius 1 is 0.519 bits per heavy atom.